The molecule has 1 heterocycles. The lowest BCUT2D eigenvalue weighted by atomic mass is 10.1. The zero-order chi connectivity index (χ0) is 13.0. The van der Waals surface area contributed by atoms with E-state index in [9.17, 15) is 5.11 Å². The number of aliphatic hydroxyl groups excluding tert-OH is 1. The average molecular weight is 245 g/mol. The van der Waals surface area contributed by atoms with Gasteiger partial charge < -0.3 is 14.4 Å². The maximum Gasteiger partial charge on any atom is 0.123 e. The number of rotatable bonds is 5. The highest BCUT2D eigenvalue weighted by Gasteiger charge is 2.13. The molecule has 0 fully saturated rings. The van der Waals surface area contributed by atoms with Gasteiger partial charge in [0.2, 0.25) is 0 Å². The quantitative estimate of drug-likeness (QED) is 0.877. The molecule has 0 amide bonds. The summed E-state index contributed by atoms with van der Waals surface area (Å²) in [5.41, 5.74) is 2.01. The second kappa shape index (κ2) is 5.74. The van der Waals surface area contributed by atoms with Crippen LogP contribution in [0.15, 0.2) is 47.1 Å². The van der Waals surface area contributed by atoms with Crippen molar-refractivity contribution < 1.29 is 9.52 Å². The Bertz CT molecular complexity index is 477. The molecule has 1 unspecified atom stereocenters. The summed E-state index contributed by atoms with van der Waals surface area (Å²) in [4.78, 5) is 2.20. The normalized spacial score (nSPS) is 12.4. The van der Waals surface area contributed by atoms with Gasteiger partial charge in [-0.3, -0.25) is 0 Å². The van der Waals surface area contributed by atoms with Crippen molar-refractivity contribution in [3.63, 3.8) is 0 Å². The molecule has 3 nitrogen and oxygen atoms in total. The Labute approximate surface area is 108 Å². The van der Waals surface area contributed by atoms with Crippen LogP contribution in [-0.2, 0) is 6.54 Å². The summed E-state index contributed by atoms with van der Waals surface area (Å²) in [6.07, 6.45) is 1.22. The van der Waals surface area contributed by atoms with E-state index in [2.05, 4.69) is 11.8 Å². The maximum atomic E-state index is 9.82. The highest BCUT2D eigenvalue weighted by Crippen LogP contribution is 2.27. The fraction of sp³-hybridized carbons (Fsp3) is 0.333. The molecule has 2 rings (SSSR count). The zero-order valence-electron chi connectivity index (χ0n) is 10.8. The lowest BCUT2D eigenvalue weighted by Crippen LogP contribution is -2.23. The first kappa shape index (κ1) is 12.7. The molecule has 0 aliphatic heterocycles. The van der Waals surface area contributed by atoms with Gasteiger partial charge in [-0.2, -0.15) is 0 Å². The number of benzene rings is 1. The predicted molar refractivity (Wildman–Crippen MR) is 72.5 cm³/mol. The van der Waals surface area contributed by atoms with Crippen LogP contribution in [-0.4, -0.2) is 11.7 Å². The Morgan fingerprint density at radius 3 is 2.61 bits per heavy atom. The van der Waals surface area contributed by atoms with Crippen LogP contribution in [0.3, 0.4) is 0 Å². The molecule has 0 aliphatic rings. The minimum Gasteiger partial charge on any atom is -0.467 e. The predicted octanol–water partition coefficient (Wildman–Crippen LogP) is 3.36. The van der Waals surface area contributed by atoms with Crippen molar-refractivity contribution in [3.8, 4) is 0 Å². The molecule has 1 atom stereocenters. The Morgan fingerprint density at radius 2 is 2.00 bits per heavy atom. The topological polar surface area (TPSA) is 36.6 Å². The molecular formula is C15H19NO2. The molecule has 96 valence electrons. The van der Waals surface area contributed by atoms with Crippen LogP contribution in [0.25, 0.3) is 0 Å². The van der Waals surface area contributed by atoms with E-state index in [1.807, 2.05) is 36.4 Å². The number of anilines is 1. The highest BCUT2D eigenvalue weighted by atomic mass is 16.3. The first-order valence-corrected chi connectivity index (χ1v) is 6.26. The summed E-state index contributed by atoms with van der Waals surface area (Å²) in [7, 11) is 0. The standard InChI is InChI=1S/C15H19NO2/c1-3-16(11-13-7-6-10-18-13)15-9-5-4-8-14(15)12(2)17/h4-10,12,17H,3,11H2,1-2H3. The van der Waals surface area contributed by atoms with Gasteiger partial charge in [0.05, 0.1) is 18.9 Å². The fourth-order valence-electron chi connectivity index (χ4n) is 2.09. The summed E-state index contributed by atoms with van der Waals surface area (Å²) in [5.74, 6) is 0.928. The van der Waals surface area contributed by atoms with Gasteiger partial charge in [-0.05, 0) is 32.0 Å². The lowest BCUT2D eigenvalue weighted by molar-refractivity contribution is 0.199. The van der Waals surface area contributed by atoms with Crippen molar-refractivity contribution in [3.05, 3.63) is 54.0 Å². The number of hydrogen-bond donors (Lipinski definition) is 1. The van der Waals surface area contributed by atoms with Gasteiger partial charge in [0.25, 0.3) is 0 Å². The molecule has 0 spiro atoms. The number of para-hydroxylation sites is 1. The summed E-state index contributed by atoms with van der Waals surface area (Å²) < 4.78 is 5.38. The molecule has 2 aromatic rings. The zero-order valence-corrected chi connectivity index (χ0v) is 10.8. The second-order valence-electron chi connectivity index (χ2n) is 4.33. The van der Waals surface area contributed by atoms with E-state index in [1.54, 1.807) is 13.2 Å². The van der Waals surface area contributed by atoms with E-state index in [1.165, 1.54) is 0 Å². The number of aliphatic hydroxyl groups is 1. The molecule has 1 N–H and O–H groups in total. The van der Waals surface area contributed by atoms with Gasteiger partial charge in [-0.25, -0.2) is 0 Å². The van der Waals surface area contributed by atoms with Gasteiger partial charge in [0.1, 0.15) is 5.76 Å². The Morgan fingerprint density at radius 1 is 1.22 bits per heavy atom. The third-order valence-corrected chi connectivity index (χ3v) is 3.04. The molecule has 1 aromatic carbocycles. The first-order valence-electron chi connectivity index (χ1n) is 6.26. The maximum absolute atomic E-state index is 9.82. The van der Waals surface area contributed by atoms with Crippen molar-refractivity contribution in [2.75, 3.05) is 11.4 Å². The van der Waals surface area contributed by atoms with Crippen molar-refractivity contribution in [2.45, 2.75) is 26.5 Å². The molecule has 0 saturated heterocycles. The summed E-state index contributed by atoms with van der Waals surface area (Å²) in [5, 5.41) is 9.82. The van der Waals surface area contributed by atoms with E-state index in [0.717, 1.165) is 23.6 Å². The van der Waals surface area contributed by atoms with Crippen LogP contribution in [0.5, 0.6) is 0 Å². The molecule has 0 bridgehead atoms. The highest BCUT2D eigenvalue weighted by molar-refractivity contribution is 5.54. The van der Waals surface area contributed by atoms with E-state index >= 15 is 0 Å². The molecule has 1 aromatic heterocycles. The smallest absolute Gasteiger partial charge is 0.123 e. The first-order chi connectivity index (χ1) is 8.72. The monoisotopic (exact) mass is 245 g/mol. The van der Waals surface area contributed by atoms with E-state index in [4.69, 9.17) is 4.42 Å². The minimum absolute atomic E-state index is 0.466. The van der Waals surface area contributed by atoms with Crippen LogP contribution in [0.2, 0.25) is 0 Å². The molecule has 0 saturated carbocycles. The number of hydrogen-bond acceptors (Lipinski definition) is 3. The lowest BCUT2D eigenvalue weighted by Gasteiger charge is -2.25. The second-order valence-corrected chi connectivity index (χ2v) is 4.33. The number of furan rings is 1. The van der Waals surface area contributed by atoms with Crippen LogP contribution in [0.1, 0.15) is 31.3 Å². The SMILES string of the molecule is CCN(Cc1ccco1)c1ccccc1C(C)O. The molecule has 3 heteroatoms. The van der Waals surface area contributed by atoms with Crippen molar-refractivity contribution in [1.29, 1.82) is 0 Å². The van der Waals surface area contributed by atoms with Crippen molar-refractivity contribution >= 4 is 5.69 Å². The summed E-state index contributed by atoms with van der Waals surface area (Å²) in [6.45, 7) is 5.47. The van der Waals surface area contributed by atoms with Gasteiger partial charge >= 0.3 is 0 Å². The number of nitrogens with zero attached hydrogens (tertiary/aromatic N) is 1. The Kier molecular flexibility index (Phi) is 4.05. The van der Waals surface area contributed by atoms with Crippen LogP contribution in [0.4, 0.5) is 5.69 Å². The fourth-order valence-corrected chi connectivity index (χ4v) is 2.09. The van der Waals surface area contributed by atoms with Crippen molar-refractivity contribution in [1.82, 2.24) is 0 Å². The largest absolute Gasteiger partial charge is 0.467 e. The van der Waals surface area contributed by atoms with Gasteiger partial charge in [0, 0.05) is 17.8 Å². The molecular weight excluding hydrogens is 226 g/mol. The van der Waals surface area contributed by atoms with E-state index in [0.29, 0.717) is 6.54 Å². The molecule has 18 heavy (non-hydrogen) atoms. The van der Waals surface area contributed by atoms with Gasteiger partial charge in [0.15, 0.2) is 0 Å². The van der Waals surface area contributed by atoms with Crippen LogP contribution < -0.4 is 4.90 Å². The molecule has 0 radical (unpaired) electrons. The van der Waals surface area contributed by atoms with E-state index in [-0.39, 0.29) is 0 Å². The van der Waals surface area contributed by atoms with Crippen LogP contribution in [0, 0.1) is 0 Å². The third kappa shape index (κ3) is 2.74. The summed E-state index contributed by atoms with van der Waals surface area (Å²) in [6, 6.07) is 11.8. The van der Waals surface area contributed by atoms with Gasteiger partial charge in [-0.1, -0.05) is 18.2 Å². The van der Waals surface area contributed by atoms with E-state index < -0.39 is 6.10 Å². The molecule has 0 aliphatic carbocycles. The minimum atomic E-state index is -0.466. The Hall–Kier alpha value is -1.74. The third-order valence-electron chi connectivity index (χ3n) is 3.04. The average Bonchev–Trinajstić information content (AvgIpc) is 2.88. The Balaban J connectivity index is 2.27. The van der Waals surface area contributed by atoms with Crippen LogP contribution >= 0.6 is 0 Å². The summed E-state index contributed by atoms with van der Waals surface area (Å²) >= 11 is 0. The van der Waals surface area contributed by atoms with Gasteiger partial charge in [-0.15, -0.1) is 0 Å². The van der Waals surface area contributed by atoms with Crippen molar-refractivity contribution in [2.24, 2.45) is 0 Å².